The zero-order valence-corrected chi connectivity index (χ0v) is 12.0. The highest BCUT2D eigenvalue weighted by molar-refractivity contribution is 6.45. The van der Waals surface area contributed by atoms with Crippen LogP contribution in [0.3, 0.4) is 0 Å². The van der Waals surface area contributed by atoms with E-state index in [1.807, 2.05) is 24.3 Å². The fourth-order valence-electron chi connectivity index (χ4n) is 2.08. The maximum Gasteiger partial charge on any atom is 0.201 e. The number of hydrogen-bond acceptors (Lipinski definition) is 6. The quantitative estimate of drug-likeness (QED) is 0.428. The molecule has 1 heterocycles. The molecule has 4 N–H and O–H groups in total. The second-order valence-corrected chi connectivity index (χ2v) is 4.93. The number of amidine groups is 1. The standard InChI is InChI=1S/C14H19N7/c1-20-6-8-21(9-7-20)12-4-2-11(3-5-12)18-19-13(10-15)14(16)17/h2-5,18H,6-9H2,1H3,(H3,16,17)/b19-13+. The summed E-state index contributed by atoms with van der Waals surface area (Å²) in [5.74, 6) is -0.348. The summed E-state index contributed by atoms with van der Waals surface area (Å²) in [6.07, 6.45) is 0. The van der Waals surface area contributed by atoms with E-state index >= 15 is 0 Å². The zero-order chi connectivity index (χ0) is 15.2. The molecule has 0 amide bonds. The molecule has 0 spiro atoms. The van der Waals surface area contributed by atoms with E-state index in [1.165, 1.54) is 5.69 Å². The van der Waals surface area contributed by atoms with Crippen molar-refractivity contribution >= 4 is 22.9 Å². The molecular formula is C14H19N7. The second-order valence-electron chi connectivity index (χ2n) is 4.93. The highest BCUT2D eigenvalue weighted by Gasteiger charge is 2.13. The molecule has 1 aromatic rings. The van der Waals surface area contributed by atoms with Crippen LogP contribution in [0.5, 0.6) is 0 Å². The summed E-state index contributed by atoms with van der Waals surface area (Å²) in [4.78, 5) is 4.65. The number of rotatable bonds is 4. The van der Waals surface area contributed by atoms with E-state index in [9.17, 15) is 0 Å². The summed E-state index contributed by atoms with van der Waals surface area (Å²) in [5, 5.41) is 19.7. The van der Waals surface area contributed by atoms with Crippen molar-refractivity contribution in [1.29, 1.82) is 10.7 Å². The van der Waals surface area contributed by atoms with Crippen molar-refractivity contribution in [2.24, 2.45) is 10.8 Å². The first-order chi connectivity index (χ1) is 10.1. The van der Waals surface area contributed by atoms with Gasteiger partial charge in [-0.1, -0.05) is 0 Å². The molecule has 1 fully saturated rings. The van der Waals surface area contributed by atoms with Gasteiger partial charge in [0.05, 0.1) is 5.69 Å². The van der Waals surface area contributed by atoms with Crippen molar-refractivity contribution in [3.63, 3.8) is 0 Å². The second kappa shape index (κ2) is 6.72. The molecule has 0 atom stereocenters. The molecule has 0 radical (unpaired) electrons. The van der Waals surface area contributed by atoms with E-state index in [1.54, 1.807) is 6.07 Å². The summed E-state index contributed by atoms with van der Waals surface area (Å²) in [7, 11) is 2.13. The van der Waals surface area contributed by atoms with Crippen LogP contribution in [0.4, 0.5) is 11.4 Å². The number of nitrogens with two attached hydrogens (primary N) is 1. The van der Waals surface area contributed by atoms with Gasteiger partial charge in [-0.05, 0) is 31.3 Å². The molecule has 1 aliphatic heterocycles. The normalized spacial score (nSPS) is 16.4. The van der Waals surface area contributed by atoms with Crippen LogP contribution < -0.4 is 16.1 Å². The fraction of sp³-hybridized carbons (Fsp3) is 0.357. The Kier molecular flexibility index (Phi) is 4.74. The van der Waals surface area contributed by atoms with Gasteiger partial charge in [0.1, 0.15) is 6.07 Å². The molecule has 1 saturated heterocycles. The Hall–Kier alpha value is -2.59. The molecule has 0 aromatic heterocycles. The van der Waals surface area contributed by atoms with E-state index in [0.717, 1.165) is 31.9 Å². The third kappa shape index (κ3) is 3.94. The topological polar surface area (TPSA) is 105 Å². The van der Waals surface area contributed by atoms with Crippen molar-refractivity contribution in [3.05, 3.63) is 24.3 Å². The Bertz CT molecular complexity index is 562. The van der Waals surface area contributed by atoms with Gasteiger partial charge < -0.3 is 15.5 Å². The van der Waals surface area contributed by atoms with Gasteiger partial charge in [0.2, 0.25) is 5.71 Å². The van der Waals surface area contributed by atoms with Crippen molar-refractivity contribution in [2.75, 3.05) is 43.6 Å². The molecule has 0 saturated carbocycles. The molecule has 0 unspecified atom stereocenters. The number of hydrogen-bond donors (Lipinski definition) is 3. The number of piperazine rings is 1. The predicted molar refractivity (Wildman–Crippen MR) is 84.7 cm³/mol. The summed E-state index contributed by atoms with van der Waals surface area (Å²) in [6, 6.07) is 9.59. The van der Waals surface area contributed by atoms with E-state index in [0.29, 0.717) is 0 Å². The Morgan fingerprint density at radius 1 is 1.29 bits per heavy atom. The van der Waals surface area contributed by atoms with E-state index in [-0.39, 0.29) is 11.5 Å². The first-order valence-electron chi connectivity index (χ1n) is 6.72. The van der Waals surface area contributed by atoms with Gasteiger partial charge in [0, 0.05) is 31.9 Å². The molecule has 2 rings (SSSR count). The molecule has 0 aliphatic carbocycles. The lowest BCUT2D eigenvalue weighted by Crippen LogP contribution is -2.44. The van der Waals surface area contributed by atoms with Crippen LogP contribution >= 0.6 is 0 Å². The molecular weight excluding hydrogens is 266 g/mol. The van der Waals surface area contributed by atoms with Crippen LogP contribution in [0.25, 0.3) is 0 Å². The largest absolute Gasteiger partial charge is 0.382 e. The first kappa shape index (κ1) is 14.8. The van der Waals surface area contributed by atoms with Gasteiger partial charge in [-0.25, -0.2) is 0 Å². The van der Waals surface area contributed by atoms with Crippen molar-refractivity contribution in [2.45, 2.75) is 0 Å². The number of nitrogens with zero attached hydrogens (tertiary/aromatic N) is 4. The molecule has 1 aliphatic rings. The molecule has 110 valence electrons. The Labute approximate surface area is 124 Å². The Balaban J connectivity index is 1.99. The van der Waals surface area contributed by atoms with Crippen LogP contribution in [-0.4, -0.2) is 49.7 Å². The number of benzene rings is 1. The van der Waals surface area contributed by atoms with Gasteiger partial charge >= 0.3 is 0 Å². The lowest BCUT2D eigenvalue weighted by molar-refractivity contribution is 0.313. The third-order valence-electron chi connectivity index (χ3n) is 3.39. The number of nitriles is 1. The highest BCUT2D eigenvalue weighted by Crippen LogP contribution is 2.19. The minimum Gasteiger partial charge on any atom is -0.382 e. The van der Waals surface area contributed by atoms with Crippen LogP contribution in [0, 0.1) is 16.7 Å². The lowest BCUT2D eigenvalue weighted by Gasteiger charge is -2.34. The minimum absolute atomic E-state index is 0.127. The molecule has 21 heavy (non-hydrogen) atoms. The fourth-order valence-corrected chi connectivity index (χ4v) is 2.08. The Morgan fingerprint density at radius 3 is 2.43 bits per heavy atom. The van der Waals surface area contributed by atoms with Crippen LogP contribution in [-0.2, 0) is 0 Å². The number of anilines is 2. The monoisotopic (exact) mass is 285 g/mol. The molecule has 7 heteroatoms. The lowest BCUT2D eigenvalue weighted by atomic mass is 10.2. The van der Waals surface area contributed by atoms with Crippen molar-refractivity contribution in [1.82, 2.24) is 4.90 Å². The first-order valence-corrected chi connectivity index (χ1v) is 6.72. The van der Waals surface area contributed by atoms with Crippen molar-refractivity contribution in [3.8, 4) is 6.07 Å². The molecule has 0 bridgehead atoms. The number of nitrogens with one attached hydrogen (secondary N) is 2. The maximum atomic E-state index is 8.76. The minimum atomic E-state index is -0.348. The predicted octanol–water partition coefficient (Wildman–Crippen LogP) is 0.666. The van der Waals surface area contributed by atoms with Gasteiger partial charge in [0.25, 0.3) is 0 Å². The van der Waals surface area contributed by atoms with E-state index in [2.05, 4.69) is 27.4 Å². The maximum absolute atomic E-state index is 8.76. The number of hydrazone groups is 1. The number of likely N-dealkylation sites (N-methyl/N-ethyl adjacent to an activating group) is 1. The summed E-state index contributed by atoms with van der Waals surface area (Å²) >= 11 is 0. The smallest absolute Gasteiger partial charge is 0.201 e. The van der Waals surface area contributed by atoms with Crippen molar-refractivity contribution < 1.29 is 0 Å². The van der Waals surface area contributed by atoms with Gasteiger partial charge in [-0.3, -0.25) is 10.8 Å². The van der Waals surface area contributed by atoms with Crippen LogP contribution in [0.1, 0.15) is 0 Å². The zero-order valence-electron chi connectivity index (χ0n) is 12.0. The summed E-state index contributed by atoms with van der Waals surface area (Å²) in [5.41, 5.74) is 9.75. The van der Waals surface area contributed by atoms with Crippen LogP contribution in [0.2, 0.25) is 0 Å². The van der Waals surface area contributed by atoms with Gasteiger partial charge in [-0.15, -0.1) is 0 Å². The van der Waals surface area contributed by atoms with Crippen LogP contribution in [0.15, 0.2) is 29.4 Å². The summed E-state index contributed by atoms with van der Waals surface area (Å²) in [6.45, 7) is 4.16. The van der Waals surface area contributed by atoms with E-state index in [4.69, 9.17) is 16.4 Å². The van der Waals surface area contributed by atoms with Gasteiger partial charge in [-0.2, -0.15) is 10.4 Å². The molecule has 1 aromatic carbocycles. The van der Waals surface area contributed by atoms with Gasteiger partial charge in [0.15, 0.2) is 5.84 Å². The average Bonchev–Trinajstić information content (AvgIpc) is 2.49. The SMILES string of the molecule is CN1CCN(c2ccc(N/N=C(\C#N)C(=N)N)cc2)CC1. The third-order valence-corrected chi connectivity index (χ3v) is 3.39. The molecule has 7 nitrogen and oxygen atoms in total. The summed E-state index contributed by atoms with van der Waals surface area (Å²) < 4.78 is 0. The average molecular weight is 285 g/mol. The Morgan fingerprint density at radius 2 is 1.90 bits per heavy atom. The highest BCUT2D eigenvalue weighted by atomic mass is 15.3. The van der Waals surface area contributed by atoms with E-state index < -0.39 is 0 Å².